The Morgan fingerprint density at radius 3 is 2.55 bits per heavy atom. The standard InChI is InChI=1S/C23H18Cl2FNO3.Na/c24-16-6-7-22(30-13-14-4-5-17(25)11-20(14)26)15(10-16)12-27-9-8-18-19(23(28)29)2-1-3-21(18)27;/h1-7,10-11H,8-9,12-13H2,(H,28,29);/q;+1/p-1. The average molecular weight is 468 g/mol. The van der Waals surface area contributed by atoms with Gasteiger partial charge in [0.25, 0.3) is 0 Å². The number of carbonyl (C=O) groups is 1. The third-order valence-corrected chi connectivity index (χ3v) is 5.60. The van der Waals surface area contributed by atoms with E-state index in [0.717, 1.165) is 16.8 Å². The molecule has 3 aromatic rings. The van der Waals surface area contributed by atoms with Crippen LogP contribution in [0.25, 0.3) is 0 Å². The molecular formula is C23H17Cl2FNNaO3. The van der Waals surface area contributed by atoms with E-state index in [9.17, 15) is 14.3 Å². The van der Waals surface area contributed by atoms with E-state index in [0.29, 0.717) is 40.9 Å². The van der Waals surface area contributed by atoms with Gasteiger partial charge in [-0.15, -0.1) is 0 Å². The summed E-state index contributed by atoms with van der Waals surface area (Å²) in [6.07, 6.45) is 0.617. The maximum absolute atomic E-state index is 14.1. The van der Waals surface area contributed by atoms with Gasteiger partial charge in [0.05, 0.1) is 5.97 Å². The zero-order valence-electron chi connectivity index (χ0n) is 16.8. The summed E-state index contributed by atoms with van der Waals surface area (Å²) in [6, 6.07) is 14.9. The van der Waals surface area contributed by atoms with Crippen LogP contribution >= 0.6 is 23.2 Å². The van der Waals surface area contributed by atoms with Crippen molar-refractivity contribution >= 4 is 34.9 Å². The van der Waals surface area contributed by atoms with E-state index in [1.807, 2.05) is 6.07 Å². The third-order valence-electron chi connectivity index (χ3n) is 5.13. The predicted octanol–water partition coefficient (Wildman–Crippen LogP) is 1.64. The van der Waals surface area contributed by atoms with Crippen LogP contribution in [0.3, 0.4) is 0 Å². The third kappa shape index (κ3) is 5.36. The van der Waals surface area contributed by atoms with E-state index in [2.05, 4.69) is 4.90 Å². The number of benzene rings is 3. The number of anilines is 1. The number of hydrogen-bond acceptors (Lipinski definition) is 4. The minimum atomic E-state index is -1.18. The number of rotatable bonds is 6. The number of ether oxygens (including phenoxy) is 1. The van der Waals surface area contributed by atoms with Gasteiger partial charge in [-0.2, -0.15) is 0 Å². The van der Waals surface area contributed by atoms with Crippen molar-refractivity contribution in [3.63, 3.8) is 0 Å². The van der Waals surface area contributed by atoms with Crippen LogP contribution in [0.2, 0.25) is 10.0 Å². The molecule has 1 aliphatic rings. The molecule has 0 aromatic heterocycles. The molecule has 0 fully saturated rings. The van der Waals surface area contributed by atoms with Crippen LogP contribution < -0.4 is 44.3 Å². The Kier molecular flexibility index (Phi) is 7.89. The number of halogens is 3. The zero-order valence-corrected chi connectivity index (χ0v) is 20.3. The number of aromatic carboxylic acids is 1. The second-order valence-corrected chi connectivity index (χ2v) is 7.91. The molecule has 1 heterocycles. The fraction of sp³-hybridized carbons (Fsp3) is 0.174. The van der Waals surface area contributed by atoms with Gasteiger partial charge >= 0.3 is 29.6 Å². The molecule has 0 saturated heterocycles. The minimum Gasteiger partial charge on any atom is -0.545 e. The van der Waals surface area contributed by atoms with Gasteiger partial charge in [0.1, 0.15) is 18.2 Å². The van der Waals surface area contributed by atoms with Crippen molar-refractivity contribution in [2.45, 2.75) is 19.6 Å². The maximum Gasteiger partial charge on any atom is 1.00 e. The molecule has 0 saturated carbocycles. The van der Waals surface area contributed by atoms with Crippen LogP contribution in [0.5, 0.6) is 5.75 Å². The van der Waals surface area contributed by atoms with Crippen molar-refractivity contribution in [1.29, 1.82) is 0 Å². The van der Waals surface area contributed by atoms with Crippen molar-refractivity contribution in [2.24, 2.45) is 0 Å². The minimum absolute atomic E-state index is 0. The molecule has 4 rings (SSSR count). The van der Waals surface area contributed by atoms with E-state index < -0.39 is 11.8 Å². The van der Waals surface area contributed by atoms with Gasteiger partial charge < -0.3 is 19.5 Å². The summed E-state index contributed by atoms with van der Waals surface area (Å²) in [5.41, 5.74) is 3.06. The normalized spacial score (nSPS) is 12.3. The van der Waals surface area contributed by atoms with Crippen LogP contribution in [-0.2, 0) is 19.6 Å². The van der Waals surface area contributed by atoms with Crippen molar-refractivity contribution in [2.75, 3.05) is 11.4 Å². The molecule has 0 unspecified atom stereocenters. The van der Waals surface area contributed by atoms with Crippen LogP contribution in [-0.4, -0.2) is 12.5 Å². The summed E-state index contributed by atoms with van der Waals surface area (Å²) in [5, 5.41) is 12.3. The Labute approximate surface area is 211 Å². The smallest absolute Gasteiger partial charge is 0.545 e. The fourth-order valence-corrected chi connectivity index (χ4v) is 4.02. The van der Waals surface area contributed by atoms with Crippen LogP contribution in [0, 0.1) is 5.82 Å². The van der Waals surface area contributed by atoms with E-state index in [1.54, 1.807) is 42.5 Å². The van der Waals surface area contributed by atoms with E-state index in [-0.39, 0.29) is 41.7 Å². The Morgan fingerprint density at radius 1 is 1.06 bits per heavy atom. The molecule has 0 amide bonds. The molecule has 8 heteroatoms. The van der Waals surface area contributed by atoms with Gasteiger partial charge in [-0.1, -0.05) is 41.4 Å². The Bertz CT molecular complexity index is 1130. The molecule has 154 valence electrons. The Hall–Kier alpha value is -1.76. The average Bonchev–Trinajstić information content (AvgIpc) is 3.11. The molecule has 4 nitrogen and oxygen atoms in total. The topological polar surface area (TPSA) is 52.6 Å². The van der Waals surface area contributed by atoms with Gasteiger partial charge in [0, 0.05) is 45.5 Å². The number of fused-ring (bicyclic) bond motifs is 1. The second kappa shape index (κ2) is 10.2. The zero-order chi connectivity index (χ0) is 21.3. The summed E-state index contributed by atoms with van der Waals surface area (Å²) in [7, 11) is 0. The summed E-state index contributed by atoms with van der Waals surface area (Å²) < 4.78 is 20.0. The van der Waals surface area contributed by atoms with Gasteiger partial charge in [0.2, 0.25) is 0 Å². The number of carboxylic acids is 1. The van der Waals surface area contributed by atoms with Crippen molar-refractivity contribution in [1.82, 2.24) is 0 Å². The van der Waals surface area contributed by atoms with Gasteiger partial charge in [-0.25, -0.2) is 4.39 Å². The van der Waals surface area contributed by atoms with Crippen molar-refractivity contribution in [3.8, 4) is 5.75 Å². The predicted molar refractivity (Wildman–Crippen MR) is 113 cm³/mol. The Balaban J connectivity index is 0.00000272. The van der Waals surface area contributed by atoms with Crippen LogP contribution in [0.4, 0.5) is 10.1 Å². The van der Waals surface area contributed by atoms with E-state index in [4.69, 9.17) is 27.9 Å². The quantitative estimate of drug-likeness (QED) is 0.517. The van der Waals surface area contributed by atoms with Gasteiger partial charge in [-0.05, 0) is 48.4 Å². The molecule has 0 atom stereocenters. The van der Waals surface area contributed by atoms with Crippen molar-refractivity contribution < 1.29 is 48.6 Å². The summed E-state index contributed by atoms with van der Waals surface area (Å²) in [5.74, 6) is -1.02. The summed E-state index contributed by atoms with van der Waals surface area (Å²) in [6.45, 7) is 1.18. The van der Waals surface area contributed by atoms with Crippen LogP contribution in [0.1, 0.15) is 27.0 Å². The first-order valence-corrected chi connectivity index (χ1v) is 10.1. The summed E-state index contributed by atoms with van der Waals surface area (Å²) >= 11 is 12.0. The molecule has 31 heavy (non-hydrogen) atoms. The number of carbonyl (C=O) groups excluding carboxylic acids is 1. The molecule has 0 radical (unpaired) electrons. The maximum atomic E-state index is 14.1. The van der Waals surface area contributed by atoms with Gasteiger partial charge in [0.15, 0.2) is 0 Å². The van der Waals surface area contributed by atoms with E-state index in [1.165, 1.54) is 6.07 Å². The number of hydrogen-bond donors (Lipinski definition) is 0. The first kappa shape index (κ1) is 23.9. The second-order valence-electron chi connectivity index (χ2n) is 7.04. The molecular weight excluding hydrogens is 451 g/mol. The summed E-state index contributed by atoms with van der Waals surface area (Å²) in [4.78, 5) is 13.5. The van der Waals surface area contributed by atoms with Crippen molar-refractivity contribution in [3.05, 3.63) is 92.7 Å². The number of carboxylic acid groups (broad SMARTS) is 1. The number of nitrogens with zero attached hydrogens (tertiary/aromatic N) is 1. The first-order chi connectivity index (χ1) is 14.4. The van der Waals surface area contributed by atoms with Crippen LogP contribution in [0.15, 0.2) is 54.6 Å². The molecule has 1 aliphatic heterocycles. The molecule has 0 aliphatic carbocycles. The monoisotopic (exact) mass is 467 g/mol. The van der Waals surface area contributed by atoms with Gasteiger partial charge in [-0.3, -0.25) is 0 Å². The SMILES string of the molecule is O=C([O-])c1cccc2c1CCN2Cc1cc(Cl)ccc1OCc1ccc(Cl)cc1F.[Na+]. The van der Waals surface area contributed by atoms with E-state index >= 15 is 0 Å². The molecule has 0 bridgehead atoms. The first-order valence-electron chi connectivity index (χ1n) is 9.35. The Morgan fingerprint density at radius 2 is 1.81 bits per heavy atom. The molecule has 0 spiro atoms. The molecule has 3 aromatic carbocycles. The fourth-order valence-electron chi connectivity index (χ4n) is 3.67. The largest absolute Gasteiger partial charge is 1.00 e. The molecule has 0 N–H and O–H groups in total.